The van der Waals surface area contributed by atoms with Crippen molar-refractivity contribution in [3.05, 3.63) is 30.1 Å². The van der Waals surface area contributed by atoms with Gasteiger partial charge in [-0.2, -0.15) is 0 Å². The second-order valence-corrected chi connectivity index (χ2v) is 4.16. The molecule has 1 aromatic carbocycles. The molecule has 1 radical (unpaired) electrons. The molecule has 0 saturated heterocycles. The first-order chi connectivity index (χ1) is 9.26. The summed E-state index contributed by atoms with van der Waals surface area (Å²) in [5.41, 5.74) is 0. The van der Waals surface area contributed by atoms with Gasteiger partial charge in [-0.25, -0.2) is 4.39 Å². The second kappa shape index (κ2) is 13.4. The van der Waals surface area contributed by atoms with Gasteiger partial charge in [0.15, 0.2) is 11.6 Å². The van der Waals surface area contributed by atoms with Crippen LogP contribution >= 0.6 is 0 Å². The van der Waals surface area contributed by atoms with Crippen molar-refractivity contribution in [2.24, 2.45) is 0 Å². The Kier molecular flexibility index (Phi) is 12.6. The maximum Gasteiger partial charge on any atom is 0.482 e. The van der Waals surface area contributed by atoms with Crippen LogP contribution in [0.4, 0.5) is 4.39 Å². The summed E-state index contributed by atoms with van der Waals surface area (Å²) in [6, 6.07) is 6.57. The number of rotatable bonds is 8. The number of benzene rings is 1. The molecule has 0 aliphatic carbocycles. The first kappa shape index (κ1) is 17.9. The monoisotopic (exact) mass is 269 g/mol. The summed E-state index contributed by atoms with van der Waals surface area (Å²) in [5.74, 6) is 0.101. The maximum atomic E-state index is 13.1. The fourth-order valence-electron chi connectivity index (χ4n) is 1.63. The minimum atomic E-state index is -0.270. The standard InChI is InChI=1S/C14H21FO.BH2O2/c1-2-3-4-5-6-9-12-16-14-11-8-7-10-13(14)15;2-1-3/h7-8,10-11H,2-6,9,12H2,1H3;2-3H. The Bertz CT molecular complexity index is 310. The number of unbranched alkanes of at least 4 members (excludes halogenated alkanes) is 5. The van der Waals surface area contributed by atoms with Crippen LogP contribution in [-0.4, -0.2) is 24.3 Å². The van der Waals surface area contributed by atoms with Crippen molar-refractivity contribution in [3.63, 3.8) is 0 Å². The van der Waals surface area contributed by atoms with Crippen molar-refractivity contribution in [1.29, 1.82) is 0 Å². The molecule has 0 spiro atoms. The predicted molar refractivity (Wildman–Crippen MR) is 75.5 cm³/mol. The molecule has 0 amide bonds. The van der Waals surface area contributed by atoms with Crippen LogP contribution < -0.4 is 4.74 Å². The molecule has 0 unspecified atom stereocenters. The molecule has 1 rings (SSSR count). The Balaban J connectivity index is 0.000000982. The summed E-state index contributed by atoms with van der Waals surface area (Å²) < 4.78 is 18.5. The highest BCUT2D eigenvalue weighted by Gasteiger charge is 2.00. The van der Waals surface area contributed by atoms with E-state index in [9.17, 15) is 4.39 Å². The van der Waals surface area contributed by atoms with Crippen molar-refractivity contribution >= 4 is 7.69 Å². The van der Waals surface area contributed by atoms with Crippen LogP contribution in [0, 0.1) is 5.82 Å². The van der Waals surface area contributed by atoms with E-state index in [-0.39, 0.29) is 13.5 Å². The quantitative estimate of drug-likeness (QED) is 0.563. The van der Waals surface area contributed by atoms with Gasteiger partial charge in [-0.05, 0) is 18.6 Å². The zero-order chi connectivity index (χ0) is 14.3. The molecule has 0 aromatic heterocycles. The normalized spacial score (nSPS) is 9.47. The SMILES string of the molecule is CCCCCCCCOc1ccccc1F.O[B]O. The maximum absolute atomic E-state index is 13.1. The van der Waals surface area contributed by atoms with Gasteiger partial charge in [0.25, 0.3) is 0 Å². The first-order valence-electron chi connectivity index (χ1n) is 6.73. The lowest BCUT2D eigenvalue weighted by Gasteiger charge is -2.06. The molecule has 5 heteroatoms. The minimum Gasteiger partial charge on any atom is -0.491 e. The third-order valence-electron chi connectivity index (χ3n) is 2.59. The highest BCUT2D eigenvalue weighted by Crippen LogP contribution is 2.16. The molecule has 0 aliphatic rings. The predicted octanol–water partition coefficient (Wildman–Crippen LogP) is 3.07. The third kappa shape index (κ3) is 10.5. The van der Waals surface area contributed by atoms with Crippen LogP contribution in [0.15, 0.2) is 24.3 Å². The highest BCUT2D eigenvalue weighted by molar-refractivity contribution is 6.13. The van der Waals surface area contributed by atoms with Crippen molar-refractivity contribution in [1.82, 2.24) is 0 Å². The zero-order valence-electron chi connectivity index (χ0n) is 11.5. The molecular formula is C14H23BFO3. The Hall–Kier alpha value is -1.07. The molecule has 3 nitrogen and oxygen atoms in total. The third-order valence-corrected chi connectivity index (χ3v) is 2.59. The molecule has 0 saturated carbocycles. The summed E-state index contributed by atoms with van der Waals surface area (Å²) in [5, 5.41) is 14.0. The second-order valence-electron chi connectivity index (χ2n) is 4.16. The average Bonchev–Trinajstić information content (AvgIpc) is 2.41. The van der Waals surface area contributed by atoms with Crippen LogP contribution in [0.3, 0.4) is 0 Å². The van der Waals surface area contributed by atoms with E-state index in [1.165, 1.54) is 38.2 Å². The highest BCUT2D eigenvalue weighted by atomic mass is 19.1. The van der Waals surface area contributed by atoms with Gasteiger partial charge in [-0.1, -0.05) is 51.2 Å². The van der Waals surface area contributed by atoms with Gasteiger partial charge in [0.1, 0.15) is 0 Å². The van der Waals surface area contributed by atoms with E-state index < -0.39 is 0 Å². The minimum absolute atomic E-state index is 0. The van der Waals surface area contributed by atoms with E-state index in [0.717, 1.165) is 6.42 Å². The smallest absolute Gasteiger partial charge is 0.482 e. The summed E-state index contributed by atoms with van der Waals surface area (Å²) in [6.07, 6.45) is 7.33. The van der Waals surface area contributed by atoms with Crippen LogP contribution in [-0.2, 0) is 0 Å². The lowest BCUT2D eigenvalue weighted by Crippen LogP contribution is -1.98. The summed E-state index contributed by atoms with van der Waals surface area (Å²) in [7, 11) is 0. The van der Waals surface area contributed by atoms with E-state index in [0.29, 0.717) is 12.4 Å². The van der Waals surface area contributed by atoms with Crippen LogP contribution in [0.1, 0.15) is 45.4 Å². The van der Waals surface area contributed by atoms with Gasteiger partial charge in [0.05, 0.1) is 6.61 Å². The molecule has 0 bridgehead atoms. The molecule has 19 heavy (non-hydrogen) atoms. The number of hydrogen-bond donors (Lipinski definition) is 2. The van der Waals surface area contributed by atoms with E-state index in [4.69, 9.17) is 14.8 Å². The summed E-state index contributed by atoms with van der Waals surface area (Å²) >= 11 is 0. The molecule has 0 aliphatic heterocycles. The van der Waals surface area contributed by atoms with Gasteiger partial charge in [-0.3, -0.25) is 0 Å². The zero-order valence-corrected chi connectivity index (χ0v) is 11.5. The molecule has 0 atom stereocenters. The lowest BCUT2D eigenvalue weighted by molar-refractivity contribution is 0.290. The molecule has 0 heterocycles. The van der Waals surface area contributed by atoms with Gasteiger partial charge in [0.2, 0.25) is 0 Å². The fraction of sp³-hybridized carbons (Fsp3) is 0.571. The van der Waals surface area contributed by atoms with Crippen molar-refractivity contribution in [2.75, 3.05) is 6.61 Å². The topological polar surface area (TPSA) is 49.7 Å². The number of ether oxygens (including phenoxy) is 1. The summed E-state index contributed by atoms with van der Waals surface area (Å²) in [4.78, 5) is 0. The van der Waals surface area contributed by atoms with Gasteiger partial charge < -0.3 is 14.8 Å². The van der Waals surface area contributed by atoms with Crippen LogP contribution in [0.25, 0.3) is 0 Å². The van der Waals surface area contributed by atoms with Gasteiger partial charge in [-0.15, -0.1) is 0 Å². The fourth-order valence-corrected chi connectivity index (χ4v) is 1.63. The molecule has 2 N–H and O–H groups in total. The van der Waals surface area contributed by atoms with E-state index in [1.807, 2.05) is 0 Å². The number of halogens is 1. The number of para-hydroxylation sites is 1. The molecule has 107 valence electrons. The molecular weight excluding hydrogens is 246 g/mol. The van der Waals surface area contributed by atoms with Crippen LogP contribution in [0.5, 0.6) is 5.75 Å². The Labute approximate surface area is 115 Å². The molecule has 0 fully saturated rings. The lowest BCUT2D eigenvalue weighted by atomic mass is 10.1. The Morgan fingerprint density at radius 2 is 1.63 bits per heavy atom. The van der Waals surface area contributed by atoms with E-state index in [1.54, 1.807) is 18.2 Å². The van der Waals surface area contributed by atoms with Gasteiger partial charge in [0, 0.05) is 0 Å². The molecule has 1 aromatic rings. The van der Waals surface area contributed by atoms with Crippen molar-refractivity contribution in [2.45, 2.75) is 45.4 Å². The summed E-state index contributed by atoms with van der Waals surface area (Å²) in [6.45, 7) is 2.83. The Morgan fingerprint density at radius 3 is 2.26 bits per heavy atom. The Morgan fingerprint density at radius 1 is 1.05 bits per heavy atom. The average molecular weight is 269 g/mol. The van der Waals surface area contributed by atoms with Gasteiger partial charge >= 0.3 is 7.69 Å². The van der Waals surface area contributed by atoms with Crippen molar-refractivity contribution < 1.29 is 19.2 Å². The van der Waals surface area contributed by atoms with Crippen molar-refractivity contribution in [3.8, 4) is 5.75 Å². The largest absolute Gasteiger partial charge is 0.491 e. The van der Waals surface area contributed by atoms with E-state index >= 15 is 0 Å². The first-order valence-corrected chi connectivity index (χ1v) is 6.73. The van der Waals surface area contributed by atoms with E-state index in [2.05, 4.69) is 6.92 Å². The van der Waals surface area contributed by atoms with Crippen LogP contribution in [0.2, 0.25) is 0 Å². The number of hydrogen-bond acceptors (Lipinski definition) is 3.